The van der Waals surface area contributed by atoms with Crippen molar-refractivity contribution in [1.82, 2.24) is 0 Å². The Bertz CT molecular complexity index is 1610. The second-order valence-corrected chi connectivity index (χ2v) is 8.10. The number of hydrogen-bond acceptors (Lipinski definition) is 8. The molecule has 2 N–H and O–H groups in total. The van der Waals surface area contributed by atoms with Gasteiger partial charge >= 0.3 is 0 Å². The van der Waals surface area contributed by atoms with Gasteiger partial charge in [-0.1, -0.05) is 48.5 Å². The third-order valence-electron chi connectivity index (χ3n) is 5.80. The third kappa shape index (κ3) is 4.27. The van der Waals surface area contributed by atoms with Gasteiger partial charge in [-0.2, -0.15) is 0 Å². The summed E-state index contributed by atoms with van der Waals surface area (Å²) in [6.45, 7) is 0.585. The highest BCUT2D eigenvalue weighted by atomic mass is 16.4. The molecule has 0 saturated heterocycles. The maximum atomic E-state index is 12.6. The lowest BCUT2D eigenvalue weighted by molar-refractivity contribution is 0.111. The van der Waals surface area contributed by atoms with Crippen LogP contribution < -0.4 is 21.5 Å². The van der Waals surface area contributed by atoms with Crippen LogP contribution >= 0.6 is 0 Å². The lowest BCUT2D eigenvalue weighted by Gasteiger charge is -2.11. The molecule has 178 valence electrons. The van der Waals surface area contributed by atoms with Gasteiger partial charge in [-0.15, -0.1) is 0 Å². The molecular weight excluding hydrogens is 460 g/mol. The standard InChI is InChI=1S/C28H20N2O6/c31-15-21-25(33)19-8-1-3-10-23(19)35-27(21)29-13-17-6-5-7-18(12-17)14-30-28-22(16-32)26(34)20-9-2-4-11-24(20)36-28/h1-12,15-16,29-30H,13-14H2. The molecule has 5 rings (SSSR count). The molecule has 0 saturated carbocycles. The molecule has 0 unspecified atom stereocenters. The van der Waals surface area contributed by atoms with Crippen LogP contribution in [0.15, 0.2) is 91.2 Å². The largest absolute Gasteiger partial charge is 0.440 e. The summed E-state index contributed by atoms with van der Waals surface area (Å²) in [6, 6.07) is 21.0. The quantitative estimate of drug-likeness (QED) is 0.306. The number of rotatable bonds is 8. The minimum Gasteiger partial charge on any atom is -0.440 e. The third-order valence-corrected chi connectivity index (χ3v) is 5.80. The zero-order chi connectivity index (χ0) is 25.1. The Morgan fingerprint density at radius 1 is 0.611 bits per heavy atom. The van der Waals surface area contributed by atoms with E-state index < -0.39 is 10.9 Å². The van der Waals surface area contributed by atoms with Crippen LogP contribution in [0.1, 0.15) is 31.8 Å². The van der Waals surface area contributed by atoms with Crippen LogP contribution in [0.3, 0.4) is 0 Å². The van der Waals surface area contributed by atoms with Gasteiger partial charge in [0.25, 0.3) is 0 Å². The molecule has 0 radical (unpaired) electrons. The average molecular weight is 480 g/mol. The van der Waals surface area contributed by atoms with E-state index in [-0.39, 0.29) is 22.9 Å². The zero-order valence-corrected chi connectivity index (χ0v) is 18.9. The number of carbonyl (C=O) groups excluding carboxylic acids is 2. The molecule has 8 nitrogen and oxygen atoms in total. The fourth-order valence-electron chi connectivity index (χ4n) is 4.00. The van der Waals surface area contributed by atoms with Crippen molar-refractivity contribution in [3.8, 4) is 0 Å². The van der Waals surface area contributed by atoms with Crippen LogP contribution in [0.5, 0.6) is 0 Å². The Morgan fingerprint density at radius 3 is 1.50 bits per heavy atom. The van der Waals surface area contributed by atoms with E-state index in [1.54, 1.807) is 48.5 Å². The van der Waals surface area contributed by atoms with E-state index >= 15 is 0 Å². The second kappa shape index (κ2) is 9.71. The molecule has 36 heavy (non-hydrogen) atoms. The molecule has 0 aliphatic rings. The summed E-state index contributed by atoms with van der Waals surface area (Å²) in [5, 5.41) is 6.75. The monoisotopic (exact) mass is 480 g/mol. The summed E-state index contributed by atoms with van der Waals surface area (Å²) in [4.78, 5) is 48.4. The van der Waals surface area contributed by atoms with Gasteiger partial charge in [0.15, 0.2) is 12.6 Å². The van der Waals surface area contributed by atoms with Gasteiger partial charge in [0.1, 0.15) is 22.3 Å². The van der Waals surface area contributed by atoms with Crippen molar-refractivity contribution in [2.45, 2.75) is 13.1 Å². The predicted octanol–water partition coefficient (Wildman–Crippen LogP) is 4.75. The first-order valence-electron chi connectivity index (χ1n) is 11.2. The minimum absolute atomic E-state index is 0.0701. The lowest BCUT2D eigenvalue weighted by Crippen LogP contribution is -2.14. The fourth-order valence-corrected chi connectivity index (χ4v) is 4.00. The van der Waals surface area contributed by atoms with Crippen molar-refractivity contribution >= 4 is 46.3 Å². The molecule has 0 spiro atoms. The number of fused-ring (bicyclic) bond motifs is 2. The number of nitrogens with one attached hydrogen (secondary N) is 2. The summed E-state index contributed by atoms with van der Waals surface area (Å²) >= 11 is 0. The Labute approximate surface area is 204 Å². The Kier molecular flexibility index (Phi) is 6.15. The van der Waals surface area contributed by atoms with Crippen LogP contribution in [0, 0.1) is 0 Å². The number of anilines is 2. The SMILES string of the molecule is O=Cc1c(NCc2cccc(CNc3oc4ccccc4c(=O)c3C=O)c2)oc2ccccc2c1=O. The van der Waals surface area contributed by atoms with Crippen molar-refractivity contribution in [2.75, 3.05) is 10.6 Å². The summed E-state index contributed by atoms with van der Waals surface area (Å²) in [5.74, 6) is 0.205. The topological polar surface area (TPSA) is 119 Å². The van der Waals surface area contributed by atoms with Crippen molar-refractivity contribution in [1.29, 1.82) is 0 Å². The maximum Gasteiger partial charge on any atom is 0.208 e. The van der Waals surface area contributed by atoms with Gasteiger partial charge in [-0.05, 0) is 35.4 Å². The molecule has 0 aliphatic heterocycles. The van der Waals surface area contributed by atoms with Crippen molar-refractivity contribution in [2.24, 2.45) is 0 Å². The average Bonchev–Trinajstić information content (AvgIpc) is 2.91. The van der Waals surface area contributed by atoms with Crippen molar-refractivity contribution < 1.29 is 18.4 Å². The van der Waals surface area contributed by atoms with E-state index in [4.69, 9.17) is 8.83 Å². The maximum absolute atomic E-state index is 12.6. The van der Waals surface area contributed by atoms with Crippen LogP contribution in [0.4, 0.5) is 11.8 Å². The summed E-state index contributed by atoms with van der Waals surface area (Å²) < 4.78 is 11.5. The molecule has 2 heterocycles. The number of benzene rings is 3. The van der Waals surface area contributed by atoms with E-state index in [0.717, 1.165) is 11.1 Å². The normalized spacial score (nSPS) is 10.9. The molecule has 0 atom stereocenters. The van der Waals surface area contributed by atoms with Crippen LogP contribution in [-0.2, 0) is 13.1 Å². The first-order chi connectivity index (χ1) is 17.6. The molecular formula is C28H20N2O6. The number of aldehydes is 2. The second-order valence-electron chi connectivity index (χ2n) is 8.10. The molecule has 0 bridgehead atoms. The Morgan fingerprint density at radius 2 is 1.06 bits per heavy atom. The summed E-state index contributed by atoms with van der Waals surface area (Å²) in [6.07, 6.45) is 0.978. The van der Waals surface area contributed by atoms with Gasteiger partial charge in [-0.3, -0.25) is 19.2 Å². The number of para-hydroxylation sites is 2. The van der Waals surface area contributed by atoms with Crippen LogP contribution in [-0.4, -0.2) is 12.6 Å². The predicted molar refractivity (Wildman–Crippen MR) is 137 cm³/mol. The summed E-state index contributed by atoms with van der Waals surface area (Å²) in [7, 11) is 0. The Balaban J connectivity index is 1.36. The lowest BCUT2D eigenvalue weighted by atomic mass is 10.1. The molecule has 8 heteroatoms. The van der Waals surface area contributed by atoms with E-state index in [9.17, 15) is 19.2 Å². The van der Waals surface area contributed by atoms with Gasteiger partial charge < -0.3 is 19.5 Å². The van der Waals surface area contributed by atoms with Crippen LogP contribution in [0.2, 0.25) is 0 Å². The van der Waals surface area contributed by atoms with Crippen LogP contribution in [0.25, 0.3) is 21.9 Å². The van der Waals surface area contributed by atoms with Gasteiger partial charge in [-0.25, -0.2) is 0 Å². The van der Waals surface area contributed by atoms with Crippen molar-refractivity contribution in [3.63, 3.8) is 0 Å². The van der Waals surface area contributed by atoms with E-state index in [1.165, 1.54) is 0 Å². The van der Waals surface area contributed by atoms with Crippen molar-refractivity contribution in [3.05, 3.63) is 115 Å². The van der Waals surface area contributed by atoms with Gasteiger partial charge in [0.2, 0.25) is 22.6 Å². The van der Waals surface area contributed by atoms with Gasteiger partial charge in [0.05, 0.1) is 10.8 Å². The first-order valence-corrected chi connectivity index (χ1v) is 11.2. The minimum atomic E-state index is -0.393. The number of carbonyl (C=O) groups is 2. The summed E-state index contributed by atoms with van der Waals surface area (Å²) in [5.41, 5.74) is 1.56. The highest BCUT2D eigenvalue weighted by Gasteiger charge is 2.15. The molecule has 5 aromatic rings. The zero-order valence-electron chi connectivity index (χ0n) is 18.9. The Hall–Kier alpha value is -4.98. The van der Waals surface area contributed by atoms with E-state index in [0.29, 0.717) is 47.6 Å². The smallest absolute Gasteiger partial charge is 0.208 e. The molecule has 0 fully saturated rings. The molecule has 3 aromatic carbocycles. The molecule has 2 aromatic heterocycles. The van der Waals surface area contributed by atoms with E-state index in [2.05, 4.69) is 10.6 Å². The molecule has 0 aliphatic carbocycles. The fraction of sp³-hybridized carbons (Fsp3) is 0.0714. The van der Waals surface area contributed by atoms with E-state index in [1.807, 2.05) is 24.3 Å². The highest BCUT2D eigenvalue weighted by molar-refractivity contribution is 5.90. The number of hydrogen-bond donors (Lipinski definition) is 2. The highest BCUT2D eigenvalue weighted by Crippen LogP contribution is 2.21. The molecule has 0 amide bonds. The first kappa shape index (κ1) is 22.8. The van der Waals surface area contributed by atoms with Gasteiger partial charge in [0, 0.05) is 13.1 Å².